The van der Waals surface area contributed by atoms with E-state index in [1.807, 2.05) is 6.04 Å². The fourth-order valence-electron chi connectivity index (χ4n) is 2.00. The Balaban J connectivity index is 2.69. The Morgan fingerprint density at radius 2 is 2.00 bits per heavy atom. The predicted octanol–water partition coefficient (Wildman–Crippen LogP) is 2.50. The molecule has 0 aromatic heterocycles. The average molecular weight is 267 g/mol. The zero-order valence-corrected chi connectivity index (χ0v) is 9.48. The molecule has 0 saturated heterocycles. The third-order valence-corrected chi connectivity index (χ3v) is 2.76. The van der Waals surface area contributed by atoms with Crippen molar-refractivity contribution in [1.29, 1.82) is 0 Å². The molecule has 0 bridgehead atoms. The van der Waals surface area contributed by atoms with Gasteiger partial charge >= 0.3 is 12.1 Å². The molecule has 1 aliphatic heterocycles. The van der Waals surface area contributed by atoms with Gasteiger partial charge in [-0.3, -0.25) is 4.90 Å². The third-order valence-electron chi connectivity index (χ3n) is 2.76. The van der Waals surface area contributed by atoms with Crippen molar-refractivity contribution in [3.05, 3.63) is 35.4 Å². The summed E-state index contributed by atoms with van der Waals surface area (Å²) in [7, 11) is 0. The number of carboxylic acid groups (broad SMARTS) is 1. The summed E-state index contributed by atoms with van der Waals surface area (Å²) in [6, 6.07) is 5.63. The first-order valence-corrected chi connectivity index (χ1v) is 5.22. The first-order valence-electron chi connectivity index (χ1n) is 5.22. The van der Waals surface area contributed by atoms with Crippen molar-refractivity contribution in [1.82, 2.24) is 0 Å². The van der Waals surface area contributed by atoms with E-state index in [0.717, 1.165) is 6.08 Å². The largest absolute Gasteiger partial charge is 0.478 e. The van der Waals surface area contributed by atoms with E-state index >= 15 is 0 Å². The second kappa shape index (κ2) is 4.35. The second-order valence-corrected chi connectivity index (χ2v) is 3.91. The Morgan fingerprint density at radius 1 is 1.37 bits per heavy atom. The first-order chi connectivity index (χ1) is 8.86. The zero-order valence-electron chi connectivity index (χ0n) is 9.48. The minimum Gasteiger partial charge on any atom is -0.478 e. The smallest absolute Gasteiger partial charge is 0.414 e. The Bertz CT molecular complexity index is 599. The van der Waals surface area contributed by atoms with Gasteiger partial charge in [-0.1, -0.05) is 24.6 Å². The van der Waals surface area contributed by atoms with Crippen molar-refractivity contribution in [2.45, 2.75) is 12.2 Å². The molecule has 1 aromatic rings. The zero-order chi connectivity index (χ0) is 14.2. The topological polar surface area (TPSA) is 40.5 Å². The maximum Gasteiger partial charge on any atom is 0.414 e. The number of fused-ring (bicyclic) bond motifs is 1. The third kappa shape index (κ3) is 2.15. The van der Waals surface area contributed by atoms with Gasteiger partial charge in [0.25, 0.3) is 0 Å². The lowest BCUT2D eigenvalue weighted by Gasteiger charge is -2.34. The minimum atomic E-state index is -4.77. The molecule has 1 unspecified atom stereocenters. The molecule has 3 nitrogen and oxygen atoms in total. The van der Waals surface area contributed by atoms with E-state index in [1.165, 1.54) is 18.2 Å². The van der Waals surface area contributed by atoms with E-state index in [1.54, 1.807) is 6.07 Å². The van der Waals surface area contributed by atoms with Gasteiger partial charge in [0, 0.05) is 6.04 Å². The van der Waals surface area contributed by atoms with Gasteiger partial charge in [0.1, 0.15) is 0 Å². The van der Waals surface area contributed by atoms with Crippen LogP contribution in [0.15, 0.2) is 29.8 Å². The monoisotopic (exact) mass is 267 g/mol. The van der Waals surface area contributed by atoms with E-state index in [4.69, 9.17) is 11.5 Å². The summed E-state index contributed by atoms with van der Waals surface area (Å²) in [6.07, 6.45) is 1.35. The lowest BCUT2D eigenvalue weighted by Crippen LogP contribution is -2.48. The molecule has 19 heavy (non-hydrogen) atoms. The molecular formula is C13H8F3NO2. The van der Waals surface area contributed by atoms with Crippen LogP contribution in [0.4, 0.5) is 18.9 Å². The number of terminal acetylenes is 1. The van der Waals surface area contributed by atoms with E-state index in [2.05, 4.69) is 0 Å². The lowest BCUT2D eigenvalue weighted by molar-refractivity contribution is -0.149. The molecule has 98 valence electrons. The van der Waals surface area contributed by atoms with Crippen LogP contribution in [0.1, 0.15) is 5.56 Å². The predicted molar refractivity (Wildman–Crippen MR) is 63.2 cm³/mol. The number of rotatable bonds is 1. The van der Waals surface area contributed by atoms with Gasteiger partial charge in [-0.25, -0.2) is 4.79 Å². The van der Waals surface area contributed by atoms with Crippen LogP contribution in [-0.2, 0) is 4.79 Å². The summed E-state index contributed by atoms with van der Waals surface area (Å²) in [6.45, 7) is 0. The second-order valence-electron chi connectivity index (χ2n) is 3.91. The summed E-state index contributed by atoms with van der Waals surface area (Å²) < 4.78 is 39.1. The Hall–Kier alpha value is -2.42. The van der Waals surface area contributed by atoms with E-state index < -0.39 is 23.8 Å². The van der Waals surface area contributed by atoms with Gasteiger partial charge in [0.2, 0.25) is 0 Å². The number of alkyl halides is 3. The number of para-hydroxylation sites is 1. The molecule has 0 aliphatic carbocycles. The molecular weight excluding hydrogens is 259 g/mol. The quantitative estimate of drug-likeness (QED) is 0.795. The maximum atomic E-state index is 13.0. The van der Waals surface area contributed by atoms with Crippen LogP contribution in [0, 0.1) is 12.5 Å². The Morgan fingerprint density at radius 3 is 2.53 bits per heavy atom. The van der Waals surface area contributed by atoms with Crippen LogP contribution in [-0.4, -0.2) is 23.3 Å². The summed E-state index contributed by atoms with van der Waals surface area (Å²) in [5, 5.41) is 8.95. The first kappa shape index (κ1) is 13.0. The number of halogens is 3. The molecule has 1 heterocycles. The van der Waals surface area contributed by atoms with Gasteiger partial charge in [-0.05, 0) is 17.7 Å². The molecule has 0 fully saturated rings. The number of carboxylic acids is 1. The summed E-state index contributed by atoms with van der Waals surface area (Å²) >= 11 is 0. The van der Waals surface area contributed by atoms with Crippen LogP contribution in [0.3, 0.4) is 0 Å². The van der Waals surface area contributed by atoms with Crippen LogP contribution in [0.5, 0.6) is 0 Å². The Kier molecular flexibility index (Phi) is 2.98. The minimum absolute atomic E-state index is 0.164. The summed E-state index contributed by atoms with van der Waals surface area (Å²) in [5.74, 6) is -1.64. The number of aliphatic carboxylic acids is 1. The van der Waals surface area contributed by atoms with Gasteiger partial charge in [0.15, 0.2) is 6.04 Å². The molecule has 0 spiro atoms. The van der Waals surface area contributed by atoms with Gasteiger partial charge in [-0.15, -0.1) is 0 Å². The van der Waals surface area contributed by atoms with Crippen molar-refractivity contribution in [2.24, 2.45) is 0 Å². The molecule has 1 N–H and O–H groups in total. The number of benzene rings is 1. The van der Waals surface area contributed by atoms with Crippen molar-refractivity contribution in [3.8, 4) is 12.5 Å². The molecule has 1 aliphatic rings. The molecule has 1 aromatic carbocycles. The fraction of sp³-hybridized carbons (Fsp3) is 0.154. The van der Waals surface area contributed by atoms with Crippen LogP contribution in [0.25, 0.3) is 6.08 Å². The standard InChI is InChI=1S/C13H8F3NO2/c1-2-17-10-6-4-3-5-8(10)7-9(12(18)19)11(17)13(14,15)16/h1,3-7,11H,(H,18,19). The number of hydrogen-bond donors (Lipinski definition) is 1. The normalized spacial score (nSPS) is 18.3. The summed E-state index contributed by atoms with van der Waals surface area (Å²) in [5.41, 5.74) is -0.278. The van der Waals surface area contributed by atoms with Crippen LogP contribution < -0.4 is 4.90 Å². The SMILES string of the molecule is C#CN1c2ccccc2C=C(C(=O)O)C1C(F)(F)F. The van der Waals surface area contributed by atoms with Crippen LogP contribution in [0.2, 0.25) is 0 Å². The van der Waals surface area contributed by atoms with Gasteiger partial charge in [-0.2, -0.15) is 13.2 Å². The average Bonchev–Trinajstić information content (AvgIpc) is 2.35. The molecule has 0 amide bonds. The molecule has 1 atom stereocenters. The summed E-state index contributed by atoms with van der Waals surface area (Å²) in [4.78, 5) is 11.6. The van der Waals surface area contributed by atoms with Crippen molar-refractivity contribution in [3.63, 3.8) is 0 Å². The van der Waals surface area contributed by atoms with Gasteiger partial charge in [0.05, 0.1) is 11.3 Å². The van der Waals surface area contributed by atoms with Crippen molar-refractivity contribution >= 4 is 17.7 Å². The highest BCUT2D eigenvalue weighted by atomic mass is 19.4. The Labute approximate surface area is 107 Å². The number of nitrogens with zero attached hydrogens (tertiary/aromatic N) is 1. The maximum absolute atomic E-state index is 13.0. The molecule has 0 radical (unpaired) electrons. The van der Waals surface area contributed by atoms with Crippen molar-refractivity contribution < 1.29 is 23.1 Å². The van der Waals surface area contributed by atoms with Gasteiger partial charge < -0.3 is 5.11 Å². The number of carbonyl (C=O) groups is 1. The number of anilines is 1. The molecule has 2 rings (SSSR count). The van der Waals surface area contributed by atoms with Crippen LogP contribution >= 0.6 is 0 Å². The van der Waals surface area contributed by atoms with E-state index in [0.29, 0.717) is 10.5 Å². The number of hydrogen-bond acceptors (Lipinski definition) is 2. The van der Waals surface area contributed by atoms with E-state index in [9.17, 15) is 18.0 Å². The van der Waals surface area contributed by atoms with Crippen molar-refractivity contribution in [2.75, 3.05) is 4.90 Å². The highest BCUT2D eigenvalue weighted by Gasteiger charge is 2.50. The van der Waals surface area contributed by atoms with E-state index in [-0.39, 0.29) is 5.69 Å². The lowest BCUT2D eigenvalue weighted by atomic mass is 9.95. The molecule has 0 saturated carbocycles. The highest BCUT2D eigenvalue weighted by molar-refractivity contribution is 5.98. The highest BCUT2D eigenvalue weighted by Crippen LogP contribution is 2.39. The fourth-order valence-corrected chi connectivity index (χ4v) is 2.00. The molecule has 6 heteroatoms.